The molecular formula is C14H24S. The molecule has 15 heavy (non-hydrogen) atoms. The third kappa shape index (κ3) is 3.34. The third-order valence-corrected chi connectivity index (χ3v) is 4.44. The normalized spacial score (nSPS) is 10.9. The molecule has 0 aliphatic rings. The van der Waals surface area contributed by atoms with Gasteiger partial charge in [0, 0.05) is 9.75 Å². The van der Waals surface area contributed by atoms with E-state index in [-0.39, 0.29) is 0 Å². The average molecular weight is 224 g/mol. The van der Waals surface area contributed by atoms with Crippen LogP contribution in [0.5, 0.6) is 0 Å². The summed E-state index contributed by atoms with van der Waals surface area (Å²) in [6.07, 6.45) is 7.90. The zero-order chi connectivity index (χ0) is 11.3. The summed E-state index contributed by atoms with van der Waals surface area (Å²) in [5, 5.41) is 0. The van der Waals surface area contributed by atoms with Crippen LogP contribution in [0.1, 0.15) is 60.4 Å². The first-order valence-electron chi connectivity index (χ1n) is 6.28. The molecule has 1 aromatic heterocycles. The van der Waals surface area contributed by atoms with Crippen molar-refractivity contribution >= 4 is 11.3 Å². The highest BCUT2D eigenvalue weighted by atomic mass is 32.1. The van der Waals surface area contributed by atoms with Crippen molar-refractivity contribution in [2.24, 2.45) is 0 Å². The fraction of sp³-hybridized carbons (Fsp3) is 0.714. The van der Waals surface area contributed by atoms with E-state index < -0.39 is 0 Å². The number of hydrogen-bond acceptors (Lipinski definition) is 1. The number of unbranched alkanes of at least 4 members (excludes halogenated alkanes) is 2. The van der Waals surface area contributed by atoms with Crippen LogP contribution in [0.25, 0.3) is 0 Å². The molecule has 0 aliphatic heterocycles. The molecule has 0 unspecified atom stereocenters. The maximum Gasteiger partial charge on any atom is 0.00827 e. The predicted molar refractivity (Wildman–Crippen MR) is 71.0 cm³/mol. The third-order valence-electron chi connectivity index (χ3n) is 3.13. The summed E-state index contributed by atoms with van der Waals surface area (Å²) in [7, 11) is 0. The van der Waals surface area contributed by atoms with Crippen molar-refractivity contribution in [3.63, 3.8) is 0 Å². The highest BCUT2D eigenvalue weighted by Gasteiger charge is 2.11. The fourth-order valence-electron chi connectivity index (χ4n) is 1.96. The van der Waals surface area contributed by atoms with Crippen molar-refractivity contribution in [1.29, 1.82) is 0 Å². The molecule has 1 heterocycles. The van der Waals surface area contributed by atoms with Crippen LogP contribution in [0.4, 0.5) is 0 Å². The summed E-state index contributed by atoms with van der Waals surface area (Å²) in [6, 6.07) is 0. The molecule has 0 saturated carbocycles. The van der Waals surface area contributed by atoms with Gasteiger partial charge >= 0.3 is 0 Å². The van der Waals surface area contributed by atoms with E-state index in [4.69, 9.17) is 0 Å². The smallest absolute Gasteiger partial charge is 0.00827 e. The van der Waals surface area contributed by atoms with Crippen LogP contribution in [0.2, 0.25) is 0 Å². The van der Waals surface area contributed by atoms with E-state index in [1.165, 1.54) is 43.4 Å². The molecule has 0 aliphatic carbocycles. The van der Waals surface area contributed by atoms with Crippen molar-refractivity contribution in [3.8, 4) is 0 Å². The van der Waals surface area contributed by atoms with Gasteiger partial charge in [0.05, 0.1) is 0 Å². The highest BCUT2D eigenvalue weighted by Crippen LogP contribution is 2.30. The van der Waals surface area contributed by atoms with Crippen molar-refractivity contribution in [3.05, 3.63) is 20.9 Å². The molecule has 0 aromatic carbocycles. The number of rotatable bonds is 6. The zero-order valence-corrected chi connectivity index (χ0v) is 11.5. The van der Waals surface area contributed by atoms with Crippen molar-refractivity contribution in [1.82, 2.24) is 0 Å². The van der Waals surface area contributed by atoms with E-state index >= 15 is 0 Å². The van der Waals surface area contributed by atoms with Gasteiger partial charge in [0.1, 0.15) is 0 Å². The minimum Gasteiger partial charge on any atom is -0.145 e. The van der Waals surface area contributed by atoms with Crippen molar-refractivity contribution in [2.45, 2.75) is 66.2 Å². The van der Waals surface area contributed by atoms with Crippen molar-refractivity contribution in [2.75, 3.05) is 0 Å². The summed E-state index contributed by atoms with van der Waals surface area (Å²) >= 11 is 2.03. The van der Waals surface area contributed by atoms with Gasteiger partial charge in [0.2, 0.25) is 0 Å². The molecule has 1 aromatic rings. The van der Waals surface area contributed by atoms with E-state index in [2.05, 4.69) is 27.7 Å². The van der Waals surface area contributed by atoms with Gasteiger partial charge in [-0.15, -0.1) is 11.3 Å². The number of thiophene rings is 1. The van der Waals surface area contributed by atoms with Crippen LogP contribution >= 0.6 is 11.3 Å². The molecule has 1 heteroatoms. The van der Waals surface area contributed by atoms with E-state index in [1.807, 2.05) is 11.3 Å². The second-order valence-electron chi connectivity index (χ2n) is 4.39. The minimum atomic E-state index is 1.30. The summed E-state index contributed by atoms with van der Waals surface area (Å²) in [5.74, 6) is 0. The van der Waals surface area contributed by atoms with Gasteiger partial charge in [0.15, 0.2) is 0 Å². The molecule has 0 saturated heterocycles. The first-order valence-corrected chi connectivity index (χ1v) is 7.10. The molecule has 0 N–H and O–H groups in total. The van der Waals surface area contributed by atoms with Crippen LogP contribution in [-0.4, -0.2) is 0 Å². The first kappa shape index (κ1) is 12.8. The Morgan fingerprint density at radius 1 is 0.933 bits per heavy atom. The summed E-state index contributed by atoms with van der Waals surface area (Å²) < 4.78 is 0. The van der Waals surface area contributed by atoms with E-state index in [0.29, 0.717) is 0 Å². The Balaban J connectivity index is 2.78. The standard InChI is InChI=1S/C14H24S/c1-5-7-9-13-11(3)12(4)15-14(13)10-8-6-2/h5-10H2,1-4H3. The van der Waals surface area contributed by atoms with Gasteiger partial charge in [-0.05, 0) is 50.7 Å². The summed E-state index contributed by atoms with van der Waals surface area (Å²) in [5.41, 5.74) is 3.24. The van der Waals surface area contributed by atoms with Gasteiger partial charge in [-0.1, -0.05) is 26.7 Å². The molecule has 86 valence electrons. The molecule has 0 atom stereocenters. The molecule has 0 bridgehead atoms. The topological polar surface area (TPSA) is 0 Å². The Morgan fingerprint density at radius 3 is 2.13 bits per heavy atom. The van der Waals surface area contributed by atoms with Crippen LogP contribution < -0.4 is 0 Å². The predicted octanol–water partition coefficient (Wildman–Crippen LogP) is 5.05. The maximum absolute atomic E-state index is 2.30. The summed E-state index contributed by atoms with van der Waals surface area (Å²) in [6.45, 7) is 9.12. The van der Waals surface area contributed by atoms with Crippen LogP contribution in [0.3, 0.4) is 0 Å². The molecule has 0 spiro atoms. The lowest BCUT2D eigenvalue weighted by Gasteiger charge is -2.04. The minimum absolute atomic E-state index is 1.30. The molecular weight excluding hydrogens is 200 g/mol. The van der Waals surface area contributed by atoms with Gasteiger partial charge < -0.3 is 0 Å². The van der Waals surface area contributed by atoms with Crippen LogP contribution in [0, 0.1) is 13.8 Å². The van der Waals surface area contributed by atoms with Crippen LogP contribution in [0.15, 0.2) is 0 Å². The lowest BCUT2D eigenvalue weighted by molar-refractivity contribution is 0.764. The molecule has 1 rings (SSSR count). The summed E-state index contributed by atoms with van der Waals surface area (Å²) in [4.78, 5) is 3.20. The SMILES string of the molecule is CCCCc1sc(C)c(C)c1CCCC. The largest absolute Gasteiger partial charge is 0.145 e. The van der Waals surface area contributed by atoms with Crippen LogP contribution in [-0.2, 0) is 12.8 Å². The second-order valence-corrected chi connectivity index (χ2v) is 5.70. The first-order chi connectivity index (χ1) is 7.20. The van der Waals surface area contributed by atoms with Gasteiger partial charge in [0.25, 0.3) is 0 Å². The van der Waals surface area contributed by atoms with Crippen molar-refractivity contribution < 1.29 is 0 Å². The lowest BCUT2D eigenvalue weighted by Crippen LogP contribution is -1.92. The van der Waals surface area contributed by atoms with E-state index in [9.17, 15) is 0 Å². The average Bonchev–Trinajstić information content (AvgIpc) is 2.50. The highest BCUT2D eigenvalue weighted by molar-refractivity contribution is 7.12. The Labute approximate surface area is 98.7 Å². The second kappa shape index (κ2) is 6.32. The Hall–Kier alpha value is -0.300. The van der Waals surface area contributed by atoms with Gasteiger partial charge in [-0.3, -0.25) is 0 Å². The van der Waals surface area contributed by atoms with E-state index in [0.717, 1.165) is 0 Å². The molecule has 0 radical (unpaired) electrons. The monoisotopic (exact) mass is 224 g/mol. The van der Waals surface area contributed by atoms with Gasteiger partial charge in [-0.2, -0.15) is 0 Å². The molecule has 0 amide bonds. The molecule has 0 nitrogen and oxygen atoms in total. The Bertz CT molecular complexity index is 297. The Morgan fingerprint density at radius 2 is 1.53 bits per heavy atom. The van der Waals surface area contributed by atoms with E-state index in [1.54, 1.807) is 16.0 Å². The zero-order valence-electron chi connectivity index (χ0n) is 10.7. The maximum atomic E-state index is 2.30. The number of aryl methyl sites for hydroxylation is 2. The Kier molecular flexibility index (Phi) is 5.38. The quantitative estimate of drug-likeness (QED) is 0.634. The molecule has 0 fully saturated rings. The van der Waals surface area contributed by atoms with Gasteiger partial charge in [-0.25, -0.2) is 0 Å². The fourth-order valence-corrected chi connectivity index (χ4v) is 3.23. The number of hydrogen-bond donors (Lipinski definition) is 0. The lowest BCUT2D eigenvalue weighted by atomic mass is 10.0.